The van der Waals surface area contributed by atoms with Crippen LogP contribution in [0.4, 0.5) is 0 Å². The molecule has 16 heavy (non-hydrogen) atoms. The predicted octanol–water partition coefficient (Wildman–Crippen LogP) is 1.09. The lowest BCUT2D eigenvalue weighted by Crippen LogP contribution is -2.21. The Balaban J connectivity index is 2.42. The highest BCUT2D eigenvalue weighted by molar-refractivity contribution is 7.91. The molecule has 1 rings (SSSR count). The number of sulfone groups is 1. The van der Waals surface area contributed by atoms with Gasteiger partial charge < -0.3 is 10.5 Å². The number of halogens is 1. The Morgan fingerprint density at radius 2 is 2.06 bits per heavy atom. The predicted molar refractivity (Wildman–Crippen MR) is 64.7 cm³/mol. The van der Waals surface area contributed by atoms with E-state index in [9.17, 15) is 8.42 Å². The fourth-order valence-corrected chi connectivity index (χ4v) is 2.21. The molecule has 0 radical (unpaired) electrons. The summed E-state index contributed by atoms with van der Waals surface area (Å²) in [4.78, 5) is 0. The fourth-order valence-electron chi connectivity index (χ4n) is 1.12. The summed E-state index contributed by atoms with van der Waals surface area (Å²) in [5, 5.41) is 0.558. The van der Waals surface area contributed by atoms with Gasteiger partial charge in [-0.3, -0.25) is 0 Å². The molecule has 0 aliphatic heterocycles. The third-order valence-corrected chi connectivity index (χ3v) is 3.77. The first-order chi connectivity index (χ1) is 7.53. The molecule has 0 saturated carbocycles. The van der Waals surface area contributed by atoms with Crippen molar-refractivity contribution in [2.24, 2.45) is 5.73 Å². The average Bonchev–Trinajstić information content (AvgIpc) is 2.17. The highest BCUT2D eigenvalue weighted by atomic mass is 35.5. The van der Waals surface area contributed by atoms with Crippen molar-refractivity contribution in [3.8, 4) is 5.75 Å². The van der Waals surface area contributed by atoms with Crippen molar-refractivity contribution in [3.63, 3.8) is 0 Å². The van der Waals surface area contributed by atoms with Gasteiger partial charge in [-0.2, -0.15) is 0 Å². The normalized spacial score (nSPS) is 11.4. The SMILES string of the molecule is NCCS(=O)(=O)CCOc1cccc(Cl)c1. The van der Waals surface area contributed by atoms with Crippen LogP contribution in [0, 0.1) is 0 Å². The maximum Gasteiger partial charge on any atom is 0.154 e. The molecule has 2 N–H and O–H groups in total. The molecule has 4 nitrogen and oxygen atoms in total. The largest absolute Gasteiger partial charge is 0.492 e. The van der Waals surface area contributed by atoms with E-state index >= 15 is 0 Å². The van der Waals surface area contributed by atoms with Gasteiger partial charge >= 0.3 is 0 Å². The minimum atomic E-state index is -3.09. The van der Waals surface area contributed by atoms with Gasteiger partial charge in [0.05, 0.1) is 11.5 Å². The fraction of sp³-hybridized carbons (Fsp3) is 0.400. The second kappa shape index (κ2) is 6.08. The highest BCUT2D eigenvalue weighted by Crippen LogP contribution is 2.16. The van der Waals surface area contributed by atoms with Crippen molar-refractivity contribution in [2.75, 3.05) is 24.7 Å². The second-order valence-corrected chi connectivity index (χ2v) is 5.99. The van der Waals surface area contributed by atoms with Crippen LogP contribution in [0.3, 0.4) is 0 Å². The molecule has 0 unspecified atom stereocenters. The van der Waals surface area contributed by atoms with Crippen LogP contribution < -0.4 is 10.5 Å². The molecule has 0 aromatic heterocycles. The summed E-state index contributed by atoms with van der Waals surface area (Å²) in [6.45, 7) is 0.252. The number of benzene rings is 1. The average molecular weight is 264 g/mol. The molecule has 0 saturated heterocycles. The van der Waals surface area contributed by atoms with E-state index < -0.39 is 9.84 Å². The van der Waals surface area contributed by atoms with Crippen LogP contribution in [0.5, 0.6) is 5.75 Å². The van der Waals surface area contributed by atoms with Crippen LogP contribution in [-0.4, -0.2) is 33.1 Å². The molecule has 0 atom stereocenters. The zero-order valence-electron chi connectivity index (χ0n) is 8.73. The Labute approximate surface area is 100 Å². The molecular weight excluding hydrogens is 250 g/mol. The van der Waals surface area contributed by atoms with Gasteiger partial charge in [0.1, 0.15) is 12.4 Å². The molecule has 0 fully saturated rings. The van der Waals surface area contributed by atoms with Gasteiger partial charge in [-0.15, -0.1) is 0 Å². The van der Waals surface area contributed by atoms with Gasteiger partial charge in [-0.1, -0.05) is 17.7 Å². The number of ether oxygens (including phenoxy) is 1. The summed E-state index contributed by atoms with van der Waals surface area (Å²) in [5.41, 5.74) is 5.18. The molecule has 0 spiro atoms. The van der Waals surface area contributed by atoms with Crippen molar-refractivity contribution < 1.29 is 13.2 Å². The van der Waals surface area contributed by atoms with E-state index in [0.717, 1.165) is 0 Å². The molecule has 1 aromatic carbocycles. The van der Waals surface area contributed by atoms with E-state index in [0.29, 0.717) is 10.8 Å². The van der Waals surface area contributed by atoms with Crippen LogP contribution in [0.2, 0.25) is 5.02 Å². The molecule has 0 aliphatic carbocycles. The zero-order valence-corrected chi connectivity index (χ0v) is 10.3. The first kappa shape index (κ1) is 13.3. The van der Waals surface area contributed by atoms with Gasteiger partial charge in [-0.25, -0.2) is 8.42 Å². The monoisotopic (exact) mass is 263 g/mol. The molecule has 0 amide bonds. The van der Waals surface area contributed by atoms with Crippen LogP contribution in [-0.2, 0) is 9.84 Å². The lowest BCUT2D eigenvalue weighted by atomic mass is 10.3. The lowest BCUT2D eigenvalue weighted by Gasteiger charge is -2.06. The minimum absolute atomic E-state index is 0.00803. The van der Waals surface area contributed by atoms with E-state index in [1.165, 1.54) is 0 Å². The maximum atomic E-state index is 11.3. The number of rotatable bonds is 6. The smallest absolute Gasteiger partial charge is 0.154 e. The van der Waals surface area contributed by atoms with Crippen LogP contribution in [0.15, 0.2) is 24.3 Å². The summed E-state index contributed by atoms with van der Waals surface area (Å²) in [7, 11) is -3.09. The van der Waals surface area contributed by atoms with Crippen molar-refractivity contribution in [2.45, 2.75) is 0 Å². The van der Waals surface area contributed by atoms with E-state index in [1.54, 1.807) is 24.3 Å². The van der Waals surface area contributed by atoms with Crippen molar-refractivity contribution in [3.05, 3.63) is 29.3 Å². The van der Waals surface area contributed by atoms with E-state index in [1.807, 2.05) is 0 Å². The Morgan fingerprint density at radius 3 is 2.69 bits per heavy atom. The van der Waals surface area contributed by atoms with Gasteiger partial charge in [-0.05, 0) is 18.2 Å². The van der Waals surface area contributed by atoms with Gasteiger partial charge in [0, 0.05) is 11.6 Å². The zero-order chi connectivity index (χ0) is 12.0. The molecule has 6 heteroatoms. The maximum absolute atomic E-state index is 11.3. The van der Waals surface area contributed by atoms with E-state index in [-0.39, 0.29) is 24.7 Å². The quantitative estimate of drug-likeness (QED) is 0.834. The van der Waals surface area contributed by atoms with Gasteiger partial charge in [0.15, 0.2) is 9.84 Å². The van der Waals surface area contributed by atoms with Gasteiger partial charge in [0.2, 0.25) is 0 Å². The molecule has 1 aromatic rings. The topological polar surface area (TPSA) is 69.4 Å². The third-order valence-electron chi connectivity index (χ3n) is 1.89. The number of hydrogen-bond acceptors (Lipinski definition) is 4. The molecule has 0 heterocycles. The van der Waals surface area contributed by atoms with Crippen molar-refractivity contribution >= 4 is 21.4 Å². The summed E-state index contributed by atoms with van der Waals surface area (Å²) < 4.78 is 27.9. The molecule has 90 valence electrons. The summed E-state index contributed by atoms with van der Waals surface area (Å²) in [5.74, 6) is 0.526. The van der Waals surface area contributed by atoms with Crippen LogP contribution >= 0.6 is 11.6 Å². The van der Waals surface area contributed by atoms with E-state index in [4.69, 9.17) is 22.1 Å². The first-order valence-electron chi connectivity index (χ1n) is 4.82. The summed E-state index contributed by atoms with van der Waals surface area (Å²) in [6, 6.07) is 6.82. The Hall–Kier alpha value is -0.780. The lowest BCUT2D eigenvalue weighted by molar-refractivity contribution is 0.341. The first-order valence-corrected chi connectivity index (χ1v) is 7.02. The molecule has 0 aliphatic rings. The van der Waals surface area contributed by atoms with E-state index in [2.05, 4.69) is 0 Å². The highest BCUT2D eigenvalue weighted by Gasteiger charge is 2.09. The van der Waals surface area contributed by atoms with Crippen LogP contribution in [0.25, 0.3) is 0 Å². The Kier molecular flexibility index (Phi) is 5.05. The van der Waals surface area contributed by atoms with Crippen molar-refractivity contribution in [1.29, 1.82) is 0 Å². The minimum Gasteiger partial charge on any atom is -0.492 e. The number of nitrogens with two attached hydrogens (primary N) is 1. The standard InChI is InChI=1S/C10H14ClNO3S/c11-9-2-1-3-10(8-9)15-5-7-16(13,14)6-4-12/h1-3,8H,4-7,12H2. The number of hydrogen-bond donors (Lipinski definition) is 1. The summed E-state index contributed by atoms with van der Waals surface area (Å²) >= 11 is 5.75. The Morgan fingerprint density at radius 1 is 1.31 bits per heavy atom. The molecule has 0 bridgehead atoms. The summed E-state index contributed by atoms with van der Waals surface area (Å²) in [6.07, 6.45) is 0. The van der Waals surface area contributed by atoms with Gasteiger partial charge in [0.25, 0.3) is 0 Å². The van der Waals surface area contributed by atoms with Crippen LogP contribution in [0.1, 0.15) is 0 Å². The molecular formula is C10H14ClNO3S. The van der Waals surface area contributed by atoms with Crippen molar-refractivity contribution in [1.82, 2.24) is 0 Å². The second-order valence-electron chi connectivity index (χ2n) is 3.25. The third kappa shape index (κ3) is 4.83. The Bertz CT molecular complexity index is 433.